The van der Waals surface area contributed by atoms with E-state index in [9.17, 15) is 14.4 Å². The fraction of sp³-hybridized carbons (Fsp3) is 0.321. The van der Waals surface area contributed by atoms with Crippen molar-refractivity contribution in [3.05, 3.63) is 78.4 Å². The van der Waals surface area contributed by atoms with Crippen LogP contribution in [0.3, 0.4) is 0 Å². The van der Waals surface area contributed by atoms with Crippen LogP contribution in [0.5, 0.6) is 5.75 Å². The summed E-state index contributed by atoms with van der Waals surface area (Å²) in [6.07, 6.45) is 3.22. The first-order valence-electron chi connectivity index (χ1n) is 11.7. The smallest absolute Gasteiger partial charge is 0.335 e. The van der Waals surface area contributed by atoms with Gasteiger partial charge in [-0.25, -0.2) is 4.79 Å². The summed E-state index contributed by atoms with van der Waals surface area (Å²) < 4.78 is 5.77. The Kier molecular flexibility index (Phi) is 4.79. The molecule has 3 fully saturated rings. The maximum absolute atomic E-state index is 13.5. The number of likely N-dealkylation sites (tertiary alicyclic amines) is 1. The second-order valence-corrected chi connectivity index (χ2v) is 9.57. The van der Waals surface area contributed by atoms with E-state index in [2.05, 4.69) is 0 Å². The van der Waals surface area contributed by atoms with Crippen LogP contribution in [0.15, 0.2) is 72.8 Å². The Morgan fingerprint density at radius 1 is 0.848 bits per heavy atom. The number of benzene rings is 3. The van der Waals surface area contributed by atoms with Crippen LogP contribution in [0.2, 0.25) is 0 Å². The highest BCUT2D eigenvalue weighted by Crippen LogP contribution is 2.56. The SMILES string of the molecule is O=C(Oc1ccc2ccccc2c1)[C@@H](Cc1ccccc1)N1C(=O)[C@@H]2[C@@H]3CC[C@@H](C3)[C@@H]2C1=O. The summed E-state index contributed by atoms with van der Waals surface area (Å²) in [6.45, 7) is 0. The monoisotopic (exact) mass is 439 g/mol. The molecule has 6 rings (SSSR count). The average molecular weight is 440 g/mol. The number of esters is 1. The molecular weight excluding hydrogens is 414 g/mol. The van der Waals surface area contributed by atoms with Gasteiger partial charge in [-0.05, 0) is 59.6 Å². The molecule has 0 spiro atoms. The number of nitrogens with zero attached hydrogens (tertiary/aromatic N) is 1. The molecule has 2 bridgehead atoms. The van der Waals surface area contributed by atoms with Crippen molar-refractivity contribution in [3.63, 3.8) is 0 Å². The van der Waals surface area contributed by atoms with Crippen molar-refractivity contribution in [1.29, 1.82) is 0 Å². The Labute approximate surface area is 192 Å². The summed E-state index contributed by atoms with van der Waals surface area (Å²) in [5.74, 6) is -0.502. The van der Waals surface area contributed by atoms with Gasteiger partial charge < -0.3 is 4.74 Å². The number of fused-ring (bicyclic) bond motifs is 6. The topological polar surface area (TPSA) is 63.7 Å². The molecule has 1 aliphatic heterocycles. The molecule has 1 saturated heterocycles. The molecule has 3 aromatic carbocycles. The number of ether oxygens (including phenoxy) is 1. The van der Waals surface area contributed by atoms with Crippen molar-refractivity contribution in [3.8, 4) is 5.75 Å². The largest absolute Gasteiger partial charge is 0.425 e. The van der Waals surface area contributed by atoms with E-state index in [0.29, 0.717) is 5.75 Å². The minimum Gasteiger partial charge on any atom is -0.425 e. The molecule has 3 aliphatic rings. The Morgan fingerprint density at radius 3 is 2.18 bits per heavy atom. The zero-order valence-corrected chi connectivity index (χ0v) is 18.2. The van der Waals surface area contributed by atoms with Crippen LogP contribution in [-0.2, 0) is 20.8 Å². The predicted molar refractivity (Wildman–Crippen MR) is 123 cm³/mol. The van der Waals surface area contributed by atoms with Crippen LogP contribution in [0.4, 0.5) is 0 Å². The first kappa shape index (κ1) is 20.2. The van der Waals surface area contributed by atoms with Gasteiger partial charge >= 0.3 is 5.97 Å². The molecule has 0 aromatic heterocycles. The highest BCUT2D eigenvalue weighted by Gasteiger charge is 2.62. The molecule has 0 N–H and O–H groups in total. The maximum atomic E-state index is 13.5. The van der Waals surface area contributed by atoms with Gasteiger partial charge in [0.2, 0.25) is 11.8 Å². The molecule has 1 heterocycles. The molecule has 2 aliphatic carbocycles. The number of imide groups is 1. The van der Waals surface area contributed by atoms with Gasteiger partial charge in [0.25, 0.3) is 0 Å². The van der Waals surface area contributed by atoms with Crippen LogP contribution >= 0.6 is 0 Å². The van der Waals surface area contributed by atoms with Crippen LogP contribution in [-0.4, -0.2) is 28.7 Å². The molecule has 5 heteroatoms. The first-order valence-corrected chi connectivity index (χ1v) is 11.7. The predicted octanol–water partition coefficient (Wildman–Crippen LogP) is 4.39. The van der Waals surface area contributed by atoms with Crippen molar-refractivity contribution >= 4 is 28.6 Å². The Balaban J connectivity index is 1.32. The fourth-order valence-corrected chi connectivity index (χ4v) is 6.27. The summed E-state index contributed by atoms with van der Waals surface area (Å²) >= 11 is 0. The lowest BCUT2D eigenvalue weighted by Gasteiger charge is -2.26. The van der Waals surface area contributed by atoms with Gasteiger partial charge in [0.15, 0.2) is 0 Å². The van der Waals surface area contributed by atoms with E-state index in [4.69, 9.17) is 4.74 Å². The minimum atomic E-state index is -0.969. The number of amides is 2. The molecule has 5 atom stereocenters. The lowest BCUT2D eigenvalue weighted by molar-refractivity contribution is -0.154. The molecule has 2 saturated carbocycles. The van der Waals surface area contributed by atoms with Crippen molar-refractivity contribution < 1.29 is 19.1 Å². The molecule has 2 amide bonds. The summed E-state index contributed by atoms with van der Waals surface area (Å²) in [6, 6.07) is 21.8. The van der Waals surface area contributed by atoms with Gasteiger partial charge in [-0.2, -0.15) is 0 Å². The number of carbonyl (C=O) groups excluding carboxylic acids is 3. The van der Waals surface area contributed by atoms with Gasteiger partial charge in [0, 0.05) is 6.42 Å². The third-order valence-corrected chi connectivity index (χ3v) is 7.76. The summed E-state index contributed by atoms with van der Waals surface area (Å²) in [5.41, 5.74) is 0.888. The Morgan fingerprint density at radius 2 is 1.48 bits per heavy atom. The molecule has 5 nitrogen and oxygen atoms in total. The number of carbonyl (C=O) groups is 3. The highest BCUT2D eigenvalue weighted by molar-refractivity contribution is 6.08. The summed E-state index contributed by atoms with van der Waals surface area (Å²) in [4.78, 5) is 41.6. The first-order chi connectivity index (χ1) is 16.1. The lowest BCUT2D eigenvalue weighted by atomic mass is 9.81. The van der Waals surface area contributed by atoms with E-state index >= 15 is 0 Å². The van der Waals surface area contributed by atoms with E-state index in [1.807, 2.05) is 66.7 Å². The van der Waals surface area contributed by atoms with Gasteiger partial charge in [0.1, 0.15) is 11.8 Å². The number of rotatable bonds is 5. The van der Waals surface area contributed by atoms with E-state index in [-0.39, 0.29) is 41.9 Å². The Hall–Kier alpha value is -3.47. The summed E-state index contributed by atoms with van der Waals surface area (Å²) in [7, 11) is 0. The van der Waals surface area contributed by atoms with E-state index in [1.165, 1.54) is 4.90 Å². The molecule has 3 aromatic rings. The zero-order chi connectivity index (χ0) is 22.5. The number of hydrogen-bond donors (Lipinski definition) is 0. The molecule has 33 heavy (non-hydrogen) atoms. The fourth-order valence-electron chi connectivity index (χ4n) is 6.27. The van der Waals surface area contributed by atoms with Crippen LogP contribution in [0.25, 0.3) is 10.8 Å². The summed E-state index contributed by atoms with van der Waals surface area (Å²) in [5, 5.41) is 2.01. The van der Waals surface area contributed by atoms with Gasteiger partial charge in [0.05, 0.1) is 11.8 Å². The normalized spacial score (nSPS) is 26.6. The van der Waals surface area contributed by atoms with Gasteiger partial charge in [-0.1, -0.05) is 60.7 Å². The second kappa shape index (κ2) is 7.84. The minimum absolute atomic E-state index is 0.186. The standard InChI is InChI=1S/C28H25NO4/c30-26-24-20-10-11-21(15-20)25(24)27(31)29(26)23(14-17-6-2-1-3-7-17)28(32)33-22-13-12-18-8-4-5-9-19(18)16-22/h1-9,12-13,16,20-21,23-25H,10-11,14-15H2/t20-,21+,23-,24-,25+/m1/s1. The zero-order valence-electron chi connectivity index (χ0n) is 18.2. The van der Waals surface area contributed by atoms with Crippen molar-refractivity contribution in [2.24, 2.45) is 23.7 Å². The Bertz CT molecular complexity index is 1230. The van der Waals surface area contributed by atoms with Crippen LogP contribution < -0.4 is 4.74 Å². The average Bonchev–Trinajstić information content (AvgIpc) is 3.52. The second-order valence-electron chi connectivity index (χ2n) is 9.57. The van der Waals surface area contributed by atoms with Gasteiger partial charge in [-0.15, -0.1) is 0 Å². The molecule has 166 valence electrons. The molecular formula is C28H25NO4. The molecule has 0 radical (unpaired) electrons. The van der Waals surface area contributed by atoms with E-state index in [1.54, 1.807) is 6.07 Å². The highest BCUT2D eigenvalue weighted by atomic mass is 16.5. The third kappa shape index (κ3) is 3.34. The quantitative estimate of drug-likeness (QED) is 0.336. The van der Waals surface area contributed by atoms with Gasteiger partial charge in [-0.3, -0.25) is 14.5 Å². The number of hydrogen-bond acceptors (Lipinski definition) is 4. The van der Waals surface area contributed by atoms with E-state index in [0.717, 1.165) is 35.6 Å². The maximum Gasteiger partial charge on any atom is 0.335 e. The van der Waals surface area contributed by atoms with Crippen molar-refractivity contribution in [2.75, 3.05) is 0 Å². The van der Waals surface area contributed by atoms with Crippen molar-refractivity contribution in [1.82, 2.24) is 4.90 Å². The van der Waals surface area contributed by atoms with Crippen LogP contribution in [0.1, 0.15) is 24.8 Å². The lowest BCUT2D eigenvalue weighted by Crippen LogP contribution is -2.49. The third-order valence-electron chi connectivity index (χ3n) is 7.76. The van der Waals surface area contributed by atoms with Crippen LogP contribution in [0, 0.1) is 23.7 Å². The molecule has 0 unspecified atom stereocenters. The van der Waals surface area contributed by atoms with Crippen molar-refractivity contribution in [2.45, 2.75) is 31.7 Å². The van der Waals surface area contributed by atoms with E-state index < -0.39 is 12.0 Å².